The zero-order chi connectivity index (χ0) is 19.6. The zero-order valence-electron chi connectivity index (χ0n) is 15.8. The molecule has 1 N–H and O–H groups in total. The Morgan fingerprint density at radius 2 is 2.03 bits per heavy atom. The van der Waals surface area contributed by atoms with E-state index >= 15 is 0 Å². The van der Waals surface area contributed by atoms with Crippen molar-refractivity contribution in [3.8, 4) is 5.75 Å². The van der Waals surface area contributed by atoms with Gasteiger partial charge in [0.15, 0.2) is 0 Å². The van der Waals surface area contributed by atoms with Crippen LogP contribution in [0.3, 0.4) is 0 Å². The predicted molar refractivity (Wildman–Crippen MR) is 109 cm³/mol. The number of fused-ring (bicyclic) bond motifs is 3. The van der Waals surface area contributed by atoms with Crippen molar-refractivity contribution >= 4 is 11.6 Å². The second-order valence-corrected chi connectivity index (χ2v) is 7.09. The molecular weight excluding hydrogens is 364 g/mol. The Labute approximate surface area is 168 Å². The minimum atomic E-state index is -0.0942. The highest BCUT2D eigenvalue weighted by molar-refractivity contribution is 5.78. The van der Waals surface area contributed by atoms with Crippen LogP contribution in [-0.2, 0) is 17.9 Å². The van der Waals surface area contributed by atoms with Gasteiger partial charge in [-0.15, -0.1) is 0 Å². The third-order valence-electron chi connectivity index (χ3n) is 5.19. The van der Waals surface area contributed by atoms with Gasteiger partial charge in [0.05, 0.1) is 23.6 Å². The molecule has 4 heterocycles. The molecule has 0 saturated heterocycles. The molecule has 1 atom stereocenters. The van der Waals surface area contributed by atoms with E-state index in [2.05, 4.69) is 14.7 Å². The fraction of sp³-hybridized carbons (Fsp3) is 0.174. The van der Waals surface area contributed by atoms with Gasteiger partial charge in [0.25, 0.3) is 0 Å². The third-order valence-corrected chi connectivity index (χ3v) is 5.19. The summed E-state index contributed by atoms with van der Waals surface area (Å²) in [5.74, 6) is 0.689. The van der Waals surface area contributed by atoms with Crippen LogP contribution in [0.15, 0.2) is 73.1 Å². The molecule has 0 bridgehead atoms. The summed E-state index contributed by atoms with van der Waals surface area (Å²) >= 11 is 0. The Balaban J connectivity index is 1.51. The van der Waals surface area contributed by atoms with Crippen LogP contribution in [0.4, 0.5) is 0 Å². The molecule has 0 saturated carbocycles. The first kappa shape index (κ1) is 17.4. The van der Waals surface area contributed by atoms with Crippen LogP contribution in [0.5, 0.6) is 5.75 Å². The molecule has 6 nitrogen and oxygen atoms in total. The average Bonchev–Trinajstić information content (AvgIpc) is 3.05. The quantitative estimate of drug-likeness (QED) is 0.585. The molecule has 1 aromatic carbocycles. The van der Waals surface area contributed by atoms with Gasteiger partial charge in [-0.3, -0.25) is 9.78 Å². The van der Waals surface area contributed by atoms with E-state index < -0.39 is 0 Å². The number of hydrogen-bond acceptors (Lipinski definition) is 4. The van der Waals surface area contributed by atoms with Crippen LogP contribution in [0.1, 0.15) is 35.0 Å². The summed E-state index contributed by atoms with van der Waals surface area (Å²) in [4.78, 5) is 21.4. The lowest BCUT2D eigenvalue weighted by molar-refractivity contribution is -0.121. The van der Waals surface area contributed by atoms with Crippen molar-refractivity contribution in [3.63, 3.8) is 0 Å². The lowest BCUT2D eigenvalue weighted by Gasteiger charge is -2.17. The first-order chi connectivity index (χ1) is 14.3. The van der Waals surface area contributed by atoms with Gasteiger partial charge >= 0.3 is 0 Å². The minimum Gasteiger partial charge on any atom is -0.487 e. The van der Waals surface area contributed by atoms with Crippen molar-refractivity contribution in [2.75, 3.05) is 0 Å². The molecule has 0 fully saturated rings. The topological polar surface area (TPSA) is 68.5 Å². The van der Waals surface area contributed by atoms with E-state index in [1.165, 1.54) is 0 Å². The largest absolute Gasteiger partial charge is 0.487 e. The SMILES string of the molecule is O=C1C[C@H](c2cccc(OCc3ccccn3)c2)c2c(nc3ccccn23)CN1. The van der Waals surface area contributed by atoms with Crippen molar-refractivity contribution in [2.45, 2.75) is 25.5 Å². The first-order valence-electron chi connectivity index (χ1n) is 9.63. The summed E-state index contributed by atoms with van der Waals surface area (Å²) in [5, 5.41) is 2.97. The minimum absolute atomic E-state index is 0.0255. The second-order valence-electron chi connectivity index (χ2n) is 7.09. The summed E-state index contributed by atoms with van der Waals surface area (Å²) in [6.07, 6.45) is 4.14. The molecular formula is C23H20N4O2. The highest BCUT2D eigenvalue weighted by Crippen LogP contribution is 2.34. The fourth-order valence-electron chi connectivity index (χ4n) is 3.84. The van der Waals surface area contributed by atoms with Gasteiger partial charge in [-0.2, -0.15) is 0 Å². The van der Waals surface area contributed by atoms with E-state index in [1.54, 1.807) is 6.20 Å². The number of rotatable bonds is 4. The average molecular weight is 384 g/mol. The molecule has 29 heavy (non-hydrogen) atoms. The van der Waals surface area contributed by atoms with Gasteiger partial charge in [0.1, 0.15) is 18.0 Å². The molecule has 5 rings (SSSR count). The number of imidazole rings is 1. The maximum atomic E-state index is 12.4. The second kappa shape index (κ2) is 7.39. The standard InChI is InChI=1S/C23H20N4O2/c28-22-13-19(23-20(14-25-22)26-21-9-2-4-11-27(21)23)16-6-5-8-18(12-16)29-15-17-7-1-3-10-24-17/h1-12,19H,13-15H2,(H,25,28)/t19-/m1/s1. The van der Waals surface area contributed by atoms with E-state index in [-0.39, 0.29) is 11.8 Å². The number of hydrogen-bond donors (Lipinski definition) is 1. The Morgan fingerprint density at radius 3 is 2.93 bits per heavy atom. The fourth-order valence-corrected chi connectivity index (χ4v) is 3.84. The molecule has 0 aliphatic carbocycles. The van der Waals surface area contributed by atoms with Crippen molar-refractivity contribution in [3.05, 3.63) is 95.7 Å². The normalized spacial score (nSPS) is 16.1. The summed E-state index contributed by atoms with van der Waals surface area (Å²) in [7, 11) is 0. The van der Waals surface area contributed by atoms with Crippen molar-refractivity contribution in [1.82, 2.24) is 19.7 Å². The van der Waals surface area contributed by atoms with Crippen LogP contribution in [-0.4, -0.2) is 20.3 Å². The van der Waals surface area contributed by atoms with Gasteiger partial charge in [0.2, 0.25) is 5.91 Å². The van der Waals surface area contributed by atoms with Crippen LogP contribution in [0.2, 0.25) is 0 Å². The van der Waals surface area contributed by atoms with Crippen molar-refractivity contribution in [2.24, 2.45) is 0 Å². The Bertz CT molecular complexity index is 1170. The van der Waals surface area contributed by atoms with Gasteiger partial charge in [-0.25, -0.2) is 4.98 Å². The summed E-state index contributed by atoms with van der Waals surface area (Å²) in [6, 6.07) is 19.7. The van der Waals surface area contributed by atoms with Gasteiger partial charge in [-0.1, -0.05) is 24.3 Å². The number of aromatic nitrogens is 3. The molecule has 0 spiro atoms. The number of pyridine rings is 2. The lowest BCUT2D eigenvalue weighted by atomic mass is 9.91. The summed E-state index contributed by atoms with van der Waals surface area (Å²) in [5.41, 5.74) is 4.76. The molecule has 1 amide bonds. The van der Waals surface area contributed by atoms with Crippen LogP contribution in [0.25, 0.3) is 5.65 Å². The predicted octanol–water partition coefficient (Wildman–Crippen LogP) is 3.46. The molecule has 4 aromatic rings. The molecule has 144 valence electrons. The lowest BCUT2D eigenvalue weighted by Crippen LogP contribution is -2.21. The number of carbonyl (C=O) groups excluding carboxylic acids is 1. The van der Waals surface area contributed by atoms with E-state index in [9.17, 15) is 4.79 Å². The molecule has 0 radical (unpaired) electrons. The third kappa shape index (κ3) is 3.45. The highest BCUT2D eigenvalue weighted by atomic mass is 16.5. The van der Waals surface area contributed by atoms with Crippen molar-refractivity contribution < 1.29 is 9.53 Å². The summed E-state index contributed by atoms with van der Waals surface area (Å²) < 4.78 is 8.04. The van der Waals surface area contributed by atoms with Gasteiger partial charge in [-0.05, 0) is 42.0 Å². The smallest absolute Gasteiger partial charge is 0.221 e. The molecule has 1 aliphatic heterocycles. The number of nitrogens with one attached hydrogen (secondary N) is 1. The maximum absolute atomic E-state index is 12.4. The van der Waals surface area contributed by atoms with E-state index in [4.69, 9.17) is 9.72 Å². The number of nitrogens with zero attached hydrogens (tertiary/aromatic N) is 3. The maximum Gasteiger partial charge on any atom is 0.221 e. The van der Waals surface area contributed by atoms with Crippen LogP contribution >= 0.6 is 0 Å². The number of benzene rings is 1. The Morgan fingerprint density at radius 1 is 1.10 bits per heavy atom. The monoisotopic (exact) mass is 384 g/mol. The first-order valence-corrected chi connectivity index (χ1v) is 9.63. The van der Waals surface area contributed by atoms with Crippen molar-refractivity contribution in [1.29, 1.82) is 0 Å². The summed E-state index contributed by atoms with van der Waals surface area (Å²) in [6.45, 7) is 0.846. The van der Waals surface area contributed by atoms with Gasteiger partial charge < -0.3 is 14.5 Å². The van der Waals surface area contributed by atoms with Gasteiger partial charge in [0, 0.05) is 24.7 Å². The van der Waals surface area contributed by atoms with E-state index in [1.807, 2.05) is 66.9 Å². The van der Waals surface area contributed by atoms with Crippen LogP contribution in [0, 0.1) is 0 Å². The molecule has 3 aromatic heterocycles. The van der Waals surface area contributed by atoms with Crippen LogP contribution < -0.4 is 10.1 Å². The molecule has 6 heteroatoms. The number of carbonyl (C=O) groups is 1. The Kier molecular flexibility index (Phi) is 4.44. The van der Waals surface area contributed by atoms with E-state index in [0.717, 1.165) is 34.0 Å². The Hall–Kier alpha value is -3.67. The number of ether oxygens (including phenoxy) is 1. The highest BCUT2D eigenvalue weighted by Gasteiger charge is 2.28. The van der Waals surface area contributed by atoms with E-state index in [0.29, 0.717) is 19.6 Å². The zero-order valence-corrected chi connectivity index (χ0v) is 15.8. The molecule has 1 aliphatic rings. The number of amides is 1. The molecule has 0 unspecified atom stereocenters.